The quantitative estimate of drug-likeness (QED) is 0.929. The van der Waals surface area contributed by atoms with Crippen LogP contribution in [0.5, 0.6) is 0 Å². The highest BCUT2D eigenvalue weighted by Crippen LogP contribution is 2.22. The summed E-state index contributed by atoms with van der Waals surface area (Å²) in [6.07, 6.45) is 1.04. The molecule has 0 radical (unpaired) electrons. The van der Waals surface area contributed by atoms with Crippen molar-refractivity contribution in [3.8, 4) is 0 Å². The molecule has 2 atom stereocenters. The number of carbonyl (C=O) groups excluding carboxylic acids is 1. The highest BCUT2D eigenvalue weighted by Gasteiger charge is 2.26. The third-order valence-electron chi connectivity index (χ3n) is 4.74. The van der Waals surface area contributed by atoms with E-state index in [1.165, 1.54) is 11.1 Å². The molecule has 1 aromatic carbocycles. The Morgan fingerprint density at radius 3 is 2.41 bits per heavy atom. The molecule has 0 unspecified atom stereocenters. The lowest BCUT2D eigenvalue weighted by Crippen LogP contribution is -2.49. The van der Waals surface area contributed by atoms with Gasteiger partial charge in [-0.1, -0.05) is 52.0 Å². The van der Waals surface area contributed by atoms with Crippen molar-refractivity contribution in [2.24, 2.45) is 5.92 Å². The minimum Gasteiger partial charge on any atom is -0.343 e. The number of rotatable bonds is 3. The average Bonchev–Trinajstić information content (AvgIpc) is 2.45. The van der Waals surface area contributed by atoms with Crippen LogP contribution in [-0.2, 0) is 16.8 Å². The van der Waals surface area contributed by atoms with E-state index in [1.54, 1.807) is 6.92 Å². The van der Waals surface area contributed by atoms with Crippen molar-refractivity contribution in [2.45, 2.75) is 59.0 Å². The Morgan fingerprint density at radius 1 is 1.27 bits per heavy atom. The first-order valence-electron chi connectivity index (χ1n) is 8.35. The molecule has 1 saturated heterocycles. The van der Waals surface area contributed by atoms with Gasteiger partial charge in [0.05, 0.1) is 0 Å². The minimum absolute atomic E-state index is 0.197. The number of hydrogen-bond donors (Lipinski definition) is 1. The van der Waals surface area contributed by atoms with E-state index in [2.05, 4.69) is 57.3 Å². The molecule has 1 N–H and O–H groups in total. The number of carbonyl (C=O) groups is 1. The Labute approximate surface area is 135 Å². The van der Waals surface area contributed by atoms with E-state index in [4.69, 9.17) is 0 Å². The maximum atomic E-state index is 11.4. The van der Waals surface area contributed by atoms with Crippen LogP contribution in [0.15, 0.2) is 24.3 Å². The van der Waals surface area contributed by atoms with Crippen molar-refractivity contribution in [1.29, 1.82) is 0 Å². The second-order valence-corrected chi connectivity index (χ2v) is 7.67. The summed E-state index contributed by atoms with van der Waals surface area (Å²) in [6, 6.07) is 9.42. The minimum atomic E-state index is 0.197. The molecule has 0 aromatic heterocycles. The second kappa shape index (κ2) is 6.82. The fourth-order valence-corrected chi connectivity index (χ4v) is 3.11. The monoisotopic (exact) mass is 302 g/mol. The lowest BCUT2D eigenvalue weighted by Gasteiger charge is -2.37. The Hall–Kier alpha value is -1.35. The number of benzene rings is 1. The standard InChI is InChI=1S/C19H30N2O/c1-14-13-21(15(2)22)11-10-18(14)20-12-16-6-8-17(9-7-16)19(3,4)5/h6-9,14,18,20H,10-13H2,1-5H3/t14-,18-/m1/s1. The van der Waals surface area contributed by atoms with Gasteiger partial charge >= 0.3 is 0 Å². The van der Waals surface area contributed by atoms with Gasteiger partial charge in [0, 0.05) is 32.6 Å². The lowest BCUT2D eigenvalue weighted by molar-refractivity contribution is -0.130. The fraction of sp³-hybridized carbons (Fsp3) is 0.632. The van der Waals surface area contributed by atoms with Crippen LogP contribution >= 0.6 is 0 Å². The summed E-state index contributed by atoms with van der Waals surface area (Å²) in [5.74, 6) is 0.703. The van der Waals surface area contributed by atoms with E-state index in [0.717, 1.165) is 26.1 Å². The number of nitrogens with zero attached hydrogens (tertiary/aromatic N) is 1. The SMILES string of the molecule is CC(=O)N1CC[C@@H](NCc2ccc(C(C)(C)C)cc2)[C@H](C)C1. The van der Waals surface area contributed by atoms with E-state index >= 15 is 0 Å². The smallest absolute Gasteiger partial charge is 0.219 e. The molecule has 3 nitrogen and oxygen atoms in total. The molecule has 2 rings (SSSR count). The number of nitrogens with one attached hydrogen (secondary N) is 1. The summed E-state index contributed by atoms with van der Waals surface area (Å²) >= 11 is 0. The van der Waals surface area contributed by atoms with Gasteiger partial charge in [0.1, 0.15) is 0 Å². The Morgan fingerprint density at radius 2 is 1.91 bits per heavy atom. The topological polar surface area (TPSA) is 32.3 Å². The normalized spacial score (nSPS) is 22.7. The summed E-state index contributed by atoms with van der Waals surface area (Å²) in [4.78, 5) is 13.4. The zero-order chi connectivity index (χ0) is 16.3. The number of likely N-dealkylation sites (tertiary alicyclic amines) is 1. The molecule has 1 aromatic rings. The highest BCUT2D eigenvalue weighted by molar-refractivity contribution is 5.73. The predicted octanol–water partition coefficient (Wildman–Crippen LogP) is 3.33. The van der Waals surface area contributed by atoms with Crippen molar-refractivity contribution in [1.82, 2.24) is 10.2 Å². The molecule has 0 bridgehead atoms. The van der Waals surface area contributed by atoms with Gasteiger partial charge in [-0.25, -0.2) is 0 Å². The maximum Gasteiger partial charge on any atom is 0.219 e. The number of piperidine rings is 1. The van der Waals surface area contributed by atoms with Crippen LogP contribution in [0.4, 0.5) is 0 Å². The van der Waals surface area contributed by atoms with Crippen LogP contribution in [0.1, 0.15) is 52.2 Å². The van der Waals surface area contributed by atoms with Gasteiger partial charge in [0.2, 0.25) is 5.91 Å². The van der Waals surface area contributed by atoms with Gasteiger partial charge < -0.3 is 10.2 Å². The molecule has 0 aliphatic carbocycles. The zero-order valence-electron chi connectivity index (χ0n) is 14.6. The van der Waals surface area contributed by atoms with Gasteiger partial charge in [0.25, 0.3) is 0 Å². The van der Waals surface area contributed by atoms with E-state index in [-0.39, 0.29) is 11.3 Å². The zero-order valence-corrected chi connectivity index (χ0v) is 14.6. The Kier molecular flexibility index (Phi) is 5.28. The van der Waals surface area contributed by atoms with Crippen molar-refractivity contribution in [3.63, 3.8) is 0 Å². The predicted molar refractivity (Wildman–Crippen MR) is 91.8 cm³/mol. The number of hydrogen-bond acceptors (Lipinski definition) is 2. The van der Waals surface area contributed by atoms with Gasteiger partial charge in [-0.3, -0.25) is 4.79 Å². The summed E-state index contributed by atoms with van der Waals surface area (Å²) in [6.45, 7) is 13.3. The summed E-state index contributed by atoms with van der Waals surface area (Å²) in [5.41, 5.74) is 2.91. The molecular formula is C19H30N2O. The first-order chi connectivity index (χ1) is 10.3. The van der Waals surface area contributed by atoms with Gasteiger partial charge in [-0.2, -0.15) is 0 Å². The van der Waals surface area contributed by atoms with E-state index in [9.17, 15) is 4.79 Å². The largest absolute Gasteiger partial charge is 0.343 e. The Bertz CT molecular complexity index is 501. The maximum absolute atomic E-state index is 11.4. The molecule has 1 amide bonds. The molecule has 1 heterocycles. The van der Waals surface area contributed by atoms with Crippen molar-refractivity contribution in [3.05, 3.63) is 35.4 Å². The summed E-state index contributed by atoms with van der Waals surface area (Å²) < 4.78 is 0. The average molecular weight is 302 g/mol. The molecule has 3 heteroatoms. The first kappa shape index (κ1) is 17.0. The molecule has 1 aliphatic heterocycles. The summed E-state index contributed by atoms with van der Waals surface area (Å²) in [5, 5.41) is 3.67. The van der Waals surface area contributed by atoms with Crippen molar-refractivity contribution >= 4 is 5.91 Å². The van der Waals surface area contributed by atoms with E-state index in [0.29, 0.717) is 12.0 Å². The lowest BCUT2D eigenvalue weighted by atomic mass is 9.86. The van der Waals surface area contributed by atoms with Crippen LogP contribution in [-0.4, -0.2) is 29.9 Å². The molecule has 22 heavy (non-hydrogen) atoms. The molecule has 1 fully saturated rings. The third-order valence-corrected chi connectivity index (χ3v) is 4.74. The van der Waals surface area contributed by atoms with E-state index in [1.807, 2.05) is 4.90 Å². The highest BCUT2D eigenvalue weighted by atomic mass is 16.2. The number of amides is 1. The van der Waals surface area contributed by atoms with Crippen molar-refractivity contribution in [2.75, 3.05) is 13.1 Å². The van der Waals surface area contributed by atoms with Crippen LogP contribution < -0.4 is 5.32 Å². The fourth-order valence-electron chi connectivity index (χ4n) is 3.11. The van der Waals surface area contributed by atoms with Gasteiger partial charge in [-0.15, -0.1) is 0 Å². The first-order valence-corrected chi connectivity index (χ1v) is 8.35. The van der Waals surface area contributed by atoms with Gasteiger partial charge in [0.15, 0.2) is 0 Å². The third kappa shape index (κ3) is 4.33. The van der Waals surface area contributed by atoms with Crippen LogP contribution in [0.25, 0.3) is 0 Å². The van der Waals surface area contributed by atoms with Crippen LogP contribution in [0, 0.1) is 5.92 Å². The van der Waals surface area contributed by atoms with Crippen LogP contribution in [0.2, 0.25) is 0 Å². The summed E-state index contributed by atoms with van der Waals surface area (Å²) in [7, 11) is 0. The molecule has 0 saturated carbocycles. The van der Waals surface area contributed by atoms with Crippen molar-refractivity contribution < 1.29 is 4.79 Å². The molecule has 0 spiro atoms. The Balaban J connectivity index is 1.87. The van der Waals surface area contributed by atoms with E-state index < -0.39 is 0 Å². The second-order valence-electron chi connectivity index (χ2n) is 7.67. The molecule has 1 aliphatic rings. The van der Waals surface area contributed by atoms with Crippen LogP contribution in [0.3, 0.4) is 0 Å². The molecule has 122 valence electrons. The molecular weight excluding hydrogens is 272 g/mol. The van der Waals surface area contributed by atoms with Gasteiger partial charge in [-0.05, 0) is 28.9 Å².